The Morgan fingerprint density at radius 1 is 1.23 bits per heavy atom. The Kier molecular flexibility index (Phi) is 7.63. The number of likely N-dealkylation sites (N-methyl/N-ethyl adjacent to an activating group) is 1. The van der Waals surface area contributed by atoms with E-state index in [0.717, 1.165) is 21.4 Å². The molecule has 1 N–H and O–H groups in total. The van der Waals surface area contributed by atoms with Crippen molar-refractivity contribution in [1.29, 1.82) is 0 Å². The predicted molar refractivity (Wildman–Crippen MR) is 107 cm³/mol. The van der Waals surface area contributed by atoms with E-state index < -0.39 is 10.0 Å². The van der Waals surface area contributed by atoms with Crippen LogP contribution in [0.2, 0.25) is 0 Å². The third-order valence-electron chi connectivity index (χ3n) is 3.46. The molecule has 6 nitrogen and oxygen atoms in total. The molecule has 0 aliphatic heterocycles. The monoisotopic (exact) mass is 460 g/mol. The quantitative estimate of drug-likeness (QED) is 0.623. The number of benzene rings is 1. The summed E-state index contributed by atoms with van der Waals surface area (Å²) in [6.45, 7) is 1.20. The van der Waals surface area contributed by atoms with Crippen LogP contribution in [-0.2, 0) is 16.4 Å². The molecule has 0 saturated heterocycles. The Labute approximate surface area is 166 Å². The van der Waals surface area contributed by atoms with Crippen molar-refractivity contribution in [1.82, 2.24) is 9.62 Å². The smallest absolute Gasteiger partial charge is 0.263 e. The van der Waals surface area contributed by atoms with Crippen molar-refractivity contribution in [2.45, 2.75) is 6.42 Å². The summed E-state index contributed by atoms with van der Waals surface area (Å²) in [4.78, 5) is 15.6. The Morgan fingerprint density at radius 3 is 2.58 bits per heavy atom. The van der Waals surface area contributed by atoms with Gasteiger partial charge in [0.1, 0.15) is 12.4 Å². The molecule has 1 aromatic heterocycles. The highest BCUT2D eigenvalue weighted by Crippen LogP contribution is 2.19. The zero-order chi connectivity index (χ0) is 19.2. The van der Waals surface area contributed by atoms with Gasteiger partial charge in [0.05, 0.1) is 17.7 Å². The molecule has 1 heterocycles. The lowest BCUT2D eigenvalue weighted by molar-refractivity contribution is 0.0778. The van der Waals surface area contributed by atoms with Gasteiger partial charge in [0.2, 0.25) is 10.0 Å². The van der Waals surface area contributed by atoms with Crippen molar-refractivity contribution in [3.05, 3.63) is 50.6 Å². The summed E-state index contributed by atoms with van der Waals surface area (Å²) in [5.41, 5.74) is 0. The van der Waals surface area contributed by atoms with E-state index in [-0.39, 0.29) is 5.91 Å². The van der Waals surface area contributed by atoms with E-state index in [0.29, 0.717) is 31.0 Å². The number of carbonyl (C=O) groups excluding carboxylic acids is 1. The highest BCUT2D eigenvalue weighted by atomic mass is 79.9. The number of nitrogens with zero attached hydrogens (tertiary/aromatic N) is 1. The van der Waals surface area contributed by atoms with Crippen LogP contribution in [0.25, 0.3) is 0 Å². The summed E-state index contributed by atoms with van der Waals surface area (Å²) in [5, 5.41) is 0. The Hall–Kier alpha value is -1.42. The van der Waals surface area contributed by atoms with Gasteiger partial charge in [-0.2, -0.15) is 0 Å². The largest absolute Gasteiger partial charge is 0.492 e. The predicted octanol–water partition coefficient (Wildman–Crippen LogP) is 2.75. The molecule has 9 heteroatoms. The van der Waals surface area contributed by atoms with Gasteiger partial charge in [-0.25, -0.2) is 13.1 Å². The average molecular weight is 461 g/mol. The summed E-state index contributed by atoms with van der Waals surface area (Å²) in [7, 11) is -1.46. The topological polar surface area (TPSA) is 75.7 Å². The number of nitrogens with one attached hydrogen (secondary N) is 1. The van der Waals surface area contributed by atoms with Gasteiger partial charge in [-0.15, -0.1) is 11.3 Å². The second-order valence-electron chi connectivity index (χ2n) is 5.71. The van der Waals surface area contributed by atoms with Crippen molar-refractivity contribution in [3.63, 3.8) is 0 Å². The summed E-state index contributed by atoms with van der Waals surface area (Å²) in [6, 6.07) is 11.2. The van der Waals surface area contributed by atoms with Gasteiger partial charge in [-0.05, 0) is 42.8 Å². The number of sulfonamides is 1. The number of ether oxygens (including phenoxy) is 1. The molecule has 0 aliphatic carbocycles. The number of carbonyl (C=O) groups is 1. The molecule has 0 saturated carbocycles. The molecule has 26 heavy (non-hydrogen) atoms. The second-order valence-corrected chi connectivity index (χ2v) is 9.63. The van der Waals surface area contributed by atoms with E-state index in [4.69, 9.17) is 4.74 Å². The second kappa shape index (κ2) is 9.50. The molecule has 2 aromatic rings. The fourth-order valence-electron chi connectivity index (χ4n) is 2.11. The minimum atomic E-state index is -3.19. The first-order chi connectivity index (χ1) is 12.2. The summed E-state index contributed by atoms with van der Waals surface area (Å²) in [5.74, 6) is 0.683. The van der Waals surface area contributed by atoms with Gasteiger partial charge in [-0.1, -0.05) is 15.9 Å². The molecule has 0 unspecified atom stereocenters. The van der Waals surface area contributed by atoms with Crippen molar-refractivity contribution < 1.29 is 17.9 Å². The zero-order valence-corrected chi connectivity index (χ0v) is 17.8. The van der Waals surface area contributed by atoms with Crippen LogP contribution < -0.4 is 9.46 Å². The molecule has 0 radical (unpaired) electrons. The lowest BCUT2D eigenvalue weighted by Crippen LogP contribution is -2.30. The molecule has 0 atom stereocenters. The van der Waals surface area contributed by atoms with Gasteiger partial charge in [0.25, 0.3) is 5.91 Å². The van der Waals surface area contributed by atoms with Crippen LogP contribution in [0.5, 0.6) is 5.75 Å². The van der Waals surface area contributed by atoms with Crippen molar-refractivity contribution in [3.8, 4) is 5.75 Å². The molecule has 1 amide bonds. The minimum absolute atomic E-state index is 0.0725. The third kappa shape index (κ3) is 7.06. The van der Waals surface area contributed by atoms with E-state index in [9.17, 15) is 13.2 Å². The van der Waals surface area contributed by atoms with Gasteiger partial charge in [0.15, 0.2) is 0 Å². The highest BCUT2D eigenvalue weighted by molar-refractivity contribution is 9.10. The van der Waals surface area contributed by atoms with E-state index in [1.807, 2.05) is 30.3 Å². The first-order valence-corrected chi connectivity index (χ1v) is 11.4. The number of amides is 1. The van der Waals surface area contributed by atoms with Gasteiger partial charge >= 0.3 is 0 Å². The van der Waals surface area contributed by atoms with Crippen LogP contribution in [0.1, 0.15) is 14.5 Å². The Balaban J connectivity index is 1.79. The molecule has 0 fully saturated rings. The van der Waals surface area contributed by atoms with Crippen LogP contribution in [0.3, 0.4) is 0 Å². The van der Waals surface area contributed by atoms with E-state index >= 15 is 0 Å². The number of halogens is 1. The lowest BCUT2D eigenvalue weighted by atomic mass is 10.3. The molecule has 0 spiro atoms. The third-order valence-corrected chi connectivity index (χ3v) is 5.85. The minimum Gasteiger partial charge on any atom is -0.492 e. The average Bonchev–Trinajstić information content (AvgIpc) is 3.03. The van der Waals surface area contributed by atoms with Crippen molar-refractivity contribution in [2.24, 2.45) is 0 Å². The molecule has 142 valence electrons. The van der Waals surface area contributed by atoms with Crippen LogP contribution in [0.15, 0.2) is 40.9 Å². The van der Waals surface area contributed by atoms with E-state index in [2.05, 4.69) is 20.7 Å². The van der Waals surface area contributed by atoms with Crippen LogP contribution in [0.4, 0.5) is 0 Å². The SMILES string of the molecule is CN(CCOc1ccc(Br)cc1)C(=O)c1ccc(CCNS(C)(=O)=O)s1. The molecular formula is C17H21BrN2O4S2. The van der Waals surface area contributed by atoms with Gasteiger partial charge < -0.3 is 9.64 Å². The fourth-order valence-corrected chi connectivity index (χ4v) is 3.85. The van der Waals surface area contributed by atoms with Crippen LogP contribution in [0, 0.1) is 0 Å². The summed E-state index contributed by atoms with van der Waals surface area (Å²) >= 11 is 4.75. The van der Waals surface area contributed by atoms with E-state index in [1.54, 1.807) is 18.0 Å². The van der Waals surface area contributed by atoms with Gasteiger partial charge in [-0.3, -0.25) is 4.79 Å². The maximum atomic E-state index is 12.4. The van der Waals surface area contributed by atoms with Crippen LogP contribution in [-0.4, -0.2) is 52.2 Å². The Morgan fingerprint density at radius 2 is 1.92 bits per heavy atom. The zero-order valence-electron chi connectivity index (χ0n) is 14.6. The number of thiophene rings is 1. The highest BCUT2D eigenvalue weighted by Gasteiger charge is 2.14. The number of hydrogen-bond acceptors (Lipinski definition) is 5. The van der Waals surface area contributed by atoms with Crippen molar-refractivity contribution in [2.75, 3.05) is 33.0 Å². The Bertz CT molecular complexity index is 835. The number of hydrogen-bond donors (Lipinski definition) is 1. The van der Waals surface area contributed by atoms with E-state index in [1.165, 1.54) is 11.3 Å². The van der Waals surface area contributed by atoms with Gasteiger partial charge in [0, 0.05) is 22.9 Å². The standard InChI is InChI=1S/C17H21BrN2O4S2/c1-20(11-12-24-14-5-3-13(18)4-6-14)17(21)16-8-7-15(25-16)9-10-19-26(2,22)23/h3-8,19H,9-12H2,1-2H3. The molecule has 2 rings (SSSR count). The first-order valence-electron chi connectivity index (χ1n) is 7.92. The normalized spacial score (nSPS) is 11.3. The lowest BCUT2D eigenvalue weighted by Gasteiger charge is -2.16. The first kappa shape index (κ1) is 20.9. The van der Waals surface area contributed by atoms with Crippen LogP contribution >= 0.6 is 27.3 Å². The van der Waals surface area contributed by atoms with Crippen molar-refractivity contribution >= 4 is 43.2 Å². The number of rotatable bonds is 9. The molecule has 0 bridgehead atoms. The summed E-state index contributed by atoms with van der Waals surface area (Å²) < 4.78 is 31.2. The molecule has 0 aliphatic rings. The maximum absolute atomic E-state index is 12.4. The fraction of sp³-hybridized carbons (Fsp3) is 0.353. The molecular weight excluding hydrogens is 440 g/mol. The molecule has 1 aromatic carbocycles. The summed E-state index contributed by atoms with van der Waals surface area (Å²) in [6.07, 6.45) is 1.68. The maximum Gasteiger partial charge on any atom is 0.263 e.